The van der Waals surface area contributed by atoms with Crippen LogP contribution in [0.25, 0.3) is 0 Å². The van der Waals surface area contributed by atoms with Crippen molar-refractivity contribution in [1.82, 2.24) is 0 Å². The minimum Gasteiger partial charge on any atom is -0.312 e. The number of nitrogens with one attached hydrogen (secondary N) is 1. The highest BCUT2D eigenvalue weighted by molar-refractivity contribution is 7.16. The van der Waals surface area contributed by atoms with Gasteiger partial charge in [0, 0.05) is 10.4 Å². The number of nitriles is 1. The summed E-state index contributed by atoms with van der Waals surface area (Å²) in [7, 11) is 0. The molecule has 2 aromatic rings. The summed E-state index contributed by atoms with van der Waals surface area (Å²) in [5.74, 6) is 0.905. The van der Waals surface area contributed by atoms with E-state index in [4.69, 9.17) is 0 Å². The molecule has 1 aromatic heterocycles. The number of anilines is 1. The Bertz CT molecular complexity index is 879. The second kappa shape index (κ2) is 7.48. The number of amides is 1. The molecular weight excluding hydrogens is 352 g/mol. The fourth-order valence-corrected chi connectivity index (χ4v) is 5.00. The minimum absolute atomic E-state index is 0.146. The Kier molecular flexibility index (Phi) is 5.44. The smallest absolute Gasteiger partial charge is 0.256 e. The zero-order valence-electron chi connectivity index (χ0n) is 16.8. The first-order valence-electron chi connectivity index (χ1n) is 9.66. The van der Waals surface area contributed by atoms with E-state index in [-0.39, 0.29) is 11.3 Å². The first-order valence-corrected chi connectivity index (χ1v) is 10.5. The molecule has 0 spiro atoms. The molecule has 1 N–H and O–H groups in total. The van der Waals surface area contributed by atoms with Gasteiger partial charge in [-0.3, -0.25) is 4.79 Å². The topological polar surface area (TPSA) is 52.9 Å². The van der Waals surface area contributed by atoms with Crippen LogP contribution in [0.3, 0.4) is 0 Å². The lowest BCUT2D eigenvalue weighted by molar-refractivity contribution is 0.102. The number of benzene rings is 1. The van der Waals surface area contributed by atoms with Crippen LogP contribution in [0.5, 0.6) is 0 Å². The largest absolute Gasteiger partial charge is 0.312 e. The van der Waals surface area contributed by atoms with Gasteiger partial charge in [-0.15, -0.1) is 11.3 Å². The van der Waals surface area contributed by atoms with E-state index < -0.39 is 0 Å². The summed E-state index contributed by atoms with van der Waals surface area (Å²) >= 11 is 1.58. The molecule has 0 bridgehead atoms. The summed E-state index contributed by atoms with van der Waals surface area (Å²) in [4.78, 5) is 14.0. The van der Waals surface area contributed by atoms with Gasteiger partial charge in [0.15, 0.2) is 0 Å². The number of hydrogen-bond donors (Lipinski definition) is 1. The van der Waals surface area contributed by atoms with Crippen molar-refractivity contribution in [2.24, 2.45) is 11.3 Å². The molecule has 0 saturated heterocycles. The third kappa shape index (κ3) is 4.09. The molecule has 1 aromatic carbocycles. The number of rotatable bonds is 3. The molecule has 0 saturated carbocycles. The fraction of sp³-hybridized carbons (Fsp3) is 0.478. The second-order valence-electron chi connectivity index (χ2n) is 8.86. The highest BCUT2D eigenvalue weighted by Crippen LogP contribution is 2.44. The summed E-state index contributed by atoms with van der Waals surface area (Å²) < 4.78 is 0. The molecule has 1 aliphatic rings. The molecule has 1 amide bonds. The SMILES string of the molecule is CC(C)c1ccc(C(=O)Nc2sc3c(c2C#N)CCC(C(C)(C)C)C3)cc1. The molecule has 0 aliphatic heterocycles. The molecule has 0 fully saturated rings. The van der Waals surface area contributed by atoms with Gasteiger partial charge in [0.1, 0.15) is 11.1 Å². The number of thiophene rings is 1. The normalized spacial score (nSPS) is 16.7. The van der Waals surface area contributed by atoms with Gasteiger partial charge < -0.3 is 5.32 Å². The van der Waals surface area contributed by atoms with E-state index in [1.54, 1.807) is 11.3 Å². The van der Waals surface area contributed by atoms with Crippen molar-refractivity contribution in [1.29, 1.82) is 5.26 Å². The highest BCUT2D eigenvalue weighted by atomic mass is 32.1. The van der Waals surface area contributed by atoms with E-state index in [1.165, 1.54) is 10.4 Å². The number of carbonyl (C=O) groups excluding carboxylic acids is 1. The van der Waals surface area contributed by atoms with Crippen LogP contribution in [0.15, 0.2) is 24.3 Å². The van der Waals surface area contributed by atoms with E-state index in [1.807, 2.05) is 24.3 Å². The van der Waals surface area contributed by atoms with Crippen LogP contribution in [0.4, 0.5) is 5.00 Å². The van der Waals surface area contributed by atoms with Crippen LogP contribution in [0.1, 0.15) is 78.9 Å². The standard InChI is InChI=1S/C23H28N2OS/c1-14(2)15-6-8-16(9-7-15)21(26)25-22-19(13-24)18-11-10-17(23(3,4)5)12-20(18)27-22/h6-9,14,17H,10-12H2,1-5H3,(H,25,26). The van der Waals surface area contributed by atoms with Gasteiger partial charge in [0.05, 0.1) is 5.56 Å². The first-order chi connectivity index (χ1) is 12.7. The lowest BCUT2D eigenvalue weighted by Gasteiger charge is -2.33. The van der Waals surface area contributed by atoms with Crippen LogP contribution >= 0.6 is 11.3 Å². The Balaban J connectivity index is 1.83. The average molecular weight is 381 g/mol. The molecule has 142 valence electrons. The van der Waals surface area contributed by atoms with Crippen LogP contribution in [-0.2, 0) is 12.8 Å². The number of carbonyl (C=O) groups is 1. The van der Waals surface area contributed by atoms with Crippen LogP contribution in [0, 0.1) is 22.7 Å². The molecule has 1 atom stereocenters. The van der Waals surface area contributed by atoms with Crippen molar-refractivity contribution in [2.75, 3.05) is 5.32 Å². The Labute approximate surface area is 166 Å². The number of hydrogen-bond acceptors (Lipinski definition) is 3. The molecule has 3 rings (SSSR count). The van der Waals surface area contributed by atoms with Gasteiger partial charge in [0.25, 0.3) is 5.91 Å². The van der Waals surface area contributed by atoms with E-state index in [2.05, 4.69) is 46.0 Å². The van der Waals surface area contributed by atoms with Gasteiger partial charge in [-0.2, -0.15) is 5.26 Å². The molecule has 1 aliphatic carbocycles. The lowest BCUT2D eigenvalue weighted by atomic mass is 9.72. The molecule has 0 radical (unpaired) electrons. The molecule has 27 heavy (non-hydrogen) atoms. The van der Waals surface area contributed by atoms with Gasteiger partial charge in [-0.1, -0.05) is 46.8 Å². The predicted molar refractivity (Wildman–Crippen MR) is 112 cm³/mol. The maximum absolute atomic E-state index is 12.7. The van der Waals surface area contributed by atoms with Gasteiger partial charge in [-0.25, -0.2) is 0 Å². The third-order valence-electron chi connectivity index (χ3n) is 5.67. The van der Waals surface area contributed by atoms with Crippen molar-refractivity contribution in [3.8, 4) is 6.07 Å². The quantitative estimate of drug-likeness (QED) is 0.694. The van der Waals surface area contributed by atoms with Gasteiger partial charge >= 0.3 is 0 Å². The minimum atomic E-state index is -0.146. The van der Waals surface area contributed by atoms with E-state index >= 15 is 0 Å². The number of fused-ring (bicyclic) bond motifs is 1. The zero-order chi connectivity index (χ0) is 19.8. The van der Waals surface area contributed by atoms with Crippen molar-refractivity contribution < 1.29 is 4.79 Å². The Morgan fingerprint density at radius 1 is 1.26 bits per heavy atom. The fourth-order valence-electron chi connectivity index (χ4n) is 3.73. The monoisotopic (exact) mass is 380 g/mol. The van der Waals surface area contributed by atoms with Crippen LogP contribution in [-0.4, -0.2) is 5.91 Å². The Morgan fingerprint density at radius 2 is 1.93 bits per heavy atom. The summed E-state index contributed by atoms with van der Waals surface area (Å²) in [6.45, 7) is 11.1. The highest BCUT2D eigenvalue weighted by Gasteiger charge is 2.32. The maximum atomic E-state index is 12.7. The summed E-state index contributed by atoms with van der Waals surface area (Å²) in [6.07, 6.45) is 3.03. The zero-order valence-corrected chi connectivity index (χ0v) is 17.7. The maximum Gasteiger partial charge on any atom is 0.256 e. The Morgan fingerprint density at radius 3 is 2.48 bits per heavy atom. The molecule has 1 heterocycles. The van der Waals surface area contributed by atoms with Crippen molar-refractivity contribution >= 4 is 22.2 Å². The van der Waals surface area contributed by atoms with E-state index in [0.717, 1.165) is 24.8 Å². The molecular formula is C23H28N2OS. The summed E-state index contributed by atoms with van der Waals surface area (Å²) in [5, 5.41) is 13.4. The van der Waals surface area contributed by atoms with Gasteiger partial charge in [0.2, 0.25) is 0 Å². The van der Waals surface area contributed by atoms with Crippen LogP contribution in [0.2, 0.25) is 0 Å². The Hall–Kier alpha value is -2.12. The van der Waals surface area contributed by atoms with Crippen molar-refractivity contribution in [2.45, 2.75) is 59.8 Å². The predicted octanol–water partition coefficient (Wildman–Crippen LogP) is 6.15. The molecule has 3 nitrogen and oxygen atoms in total. The second-order valence-corrected chi connectivity index (χ2v) is 9.96. The number of nitrogens with zero attached hydrogens (tertiary/aromatic N) is 1. The third-order valence-corrected chi connectivity index (χ3v) is 6.84. The van der Waals surface area contributed by atoms with Crippen LogP contribution < -0.4 is 5.32 Å². The van der Waals surface area contributed by atoms with Crippen molar-refractivity contribution in [3.63, 3.8) is 0 Å². The van der Waals surface area contributed by atoms with E-state index in [0.29, 0.717) is 28.0 Å². The average Bonchev–Trinajstić information content (AvgIpc) is 2.97. The van der Waals surface area contributed by atoms with Gasteiger partial charge in [-0.05, 0) is 59.8 Å². The first kappa shape index (κ1) is 19.6. The van der Waals surface area contributed by atoms with E-state index in [9.17, 15) is 10.1 Å². The summed E-state index contributed by atoms with van der Waals surface area (Å²) in [5.41, 5.74) is 3.91. The lowest BCUT2D eigenvalue weighted by Crippen LogP contribution is -2.26. The molecule has 1 unspecified atom stereocenters. The summed E-state index contributed by atoms with van der Waals surface area (Å²) in [6, 6.07) is 10.1. The molecule has 4 heteroatoms. The van der Waals surface area contributed by atoms with Crippen molar-refractivity contribution in [3.05, 3.63) is 51.4 Å².